The number of rotatable bonds is 1. The fourth-order valence-electron chi connectivity index (χ4n) is 2.23. The molecule has 0 fully saturated rings. The predicted octanol–water partition coefficient (Wildman–Crippen LogP) is 0.869. The van der Waals surface area contributed by atoms with Crippen LogP contribution in [-0.2, 0) is 0 Å². The van der Waals surface area contributed by atoms with Gasteiger partial charge in [-0.1, -0.05) is 0 Å². The third-order valence-electron chi connectivity index (χ3n) is 3.01. The number of benzene rings is 1. The van der Waals surface area contributed by atoms with E-state index in [2.05, 4.69) is 0 Å². The van der Waals surface area contributed by atoms with Gasteiger partial charge in [-0.3, -0.25) is 14.5 Å². The average Bonchev–Trinajstić information content (AvgIpc) is 2.43. The van der Waals surface area contributed by atoms with E-state index in [0.29, 0.717) is 22.5 Å². The van der Waals surface area contributed by atoms with Crippen molar-refractivity contribution in [2.45, 2.75) is 6.92 Å². The first-order valence-corrected chi connectivity index (χ1v) is 5.29. The van der Waals surface area contributed by atoms with Crippen LogP contribution in [0, 0.1) is 6.92 Å². The van der Waals surface area contributed by atoms with Crippen LogP contribution < -0.4 is 10.6 Å². The van der Waals surface area contributed by atoms with E-state index in [9.17, 15) is 9.59 Å². The highest BCUT2D eigenvalue weighted by molar-refractivity contribution is 6.25. The molecule has 5 heteroatoms. The summed E-state index contributed by atoms with van der Waals surface area (Å²) in [6, 6.07) is 1.73. The number of hydrogen-bond donors (Lipinski definition) is 1. The lowest BCUT2D eigenvalue weighted by molar-refractivity contribution is 0.0693. The maximum Gasteiger partial charge on any atom is 0.263 e. The summed E-state index contributed by atoms with van der Waals surface area (Å²) in [7, 11) is 5.09. The lowest BCUT2D eigenvalue weighted by Gasteiger charge is -2.19. The highest BCUT2D eigenvalue weighted by atomic mass is 16.2. The zero-order valence-electron chi connectivity index (χ0n) is 10.4. The van der Waals surface area contributed by atoms with Gasteiger partial charge in [-0.05, 0) is 18.6 Å². The van der Waals surface area contributed by atoms with Crippen LogP contribution in [0.25, 0.3) is 0 Å². The van der Waals surface area contributed by atoms with E-state index in [1.54, 1.807) is 32.0 Å². The van der Waals surface area contributed by atoms with E-state index in [0.717, 1.165) is 10.5 Å². The Kier molecular flexibility index (Phi) is 2.34. The van der Waals surface area contributed by atoms with Crippen molar-refractivity contribution in [3.63, 3.8) is 0 Å². The zero-order valence-corrected chi connectivity index (χ0v) is 10.4. The van der Waals surface area contributed by atoms with Crippen LogP contribution in [0.1, 0.15) is 26.3 Å². The predicted molar refractivity (Wildman–Crippen MR) is 66.3 cm³/mol. The molecule has 17 heavy (non-hydrogen) atoms. The van der Waals surface area contributed by atoms with Crippen molar-refractivity contribution in [2.75, 3.05) is 31.8 Å². The Morgan fingerprint density at radius 3 is 2.24 bits per heavy atom. The fraction of sp³-hybridized carbons (Fsp3) is 0.333. The number of fused-ring (bicyclic) bond motifs is 1. The molecule has 2 N–H and O–H groups in total. The first kappa shape index (κ1) is 11.4. The third-order valence-corrected chi connectivity index (χ3v) is 3.01. The smallest absolute Gasteiger partial charge is 0.263 e. The van der Waals surface area contributed by atoms with Gasteiger partial charge in [-0.15, -0.1) is 0 Å². The number of imide groups is 1. The van der Waals surface area contributed by atoms with Gasteiger partial charge in [0.25, 0.3) is 11.8 Å². The van der Waals surface area contributed by atoms with Gasteiger partial charge < -0.3 is 10.6 Å². The van der Waals surface area contributed by atoms with Crippen LogP contribution in [0.15, 0.2) is 6.07 Å². The largest absolute Gasteiger partial charge is 0.397 e. The first-order chi connectivity index (χ1) is 7.86. The van der Waals surface area contributed by atoms with E-state index in [4.69, 9.17) is 5.73 Å². The van der Waals surface area contributed by atoms with Crippen LogP contribution >= 0.6 is 0 Å². The molecule has 1 aliphatic rings. The zero-order chi connectivity index (χ0) is 12.9. The summed E-state index contributed by atoms with van der Waals surface area (Å²) in [5.74, 6) is -0.547. The van der Waals surface area contributed by atoms with Crippen molar-refractivity contribution >= 4 is 23.2 Å². The number of hydrogen-bond acceptors (Lipinski definition) is 4. The van der Waals surface area contributed by atoms with Crippen molar-refractivity contribution in [3.8, 4) is 0 Å². The molecule has 5 nitrogen and oxygen atoms in total. The van der Waals surface area contributed by atoms with Gasteiger partial charge in [0.05, 0.1) is 22.5 Å². The first-order valence-electron chi connectivity index (χ1n) is 5.29. The van der Waals surface area contributed by atoms with Gasteiger partial charge in [0, 0.05) is 21.1 Å². The normalized spacial score (nSPS) is 14.2. The molecule has 0 spiro atoms. The second-order valence-electron chi connectivity index (χ2n) is 4.45. The molecule has 1 aromatic rings. The molecule has 1 heterocycles. The summed E-state index contributed by atoms with van der Waals surface area (Å²) in [5.41, 5.74) is 8.69. The molecule has 0 aromatic heterocycles. The van der Waals surface area contributed by atoms with Crippen molar-refractivity contribution in [2.24, 2.45) is 0 Å². The molecule has 2 amide bonds. The Hall–Kier alpha value is -2.04. The summed E-state index contributed by atoms with van der Waals surface area (Å²) in [6.07, 6.45) is 0. The van der Waals surface area contributed by atoms with E-state index >= 15 is 0 Å². The number of carbonyl (C=O) groups excluding carboxylic acids is 2. The second kappa shape index (κ2) is 3.48. The molecule has 1 aromatic carbocycles. The molecule has 0 saturated carbocycles. The fourth-order valence-corrected chi connectivity index (χ4v) is 2.23. The van der Waals surface area contributed by atoms with Gasteiger partial charge in [0.2, 0.25) is 0 Å². The topological polar surface area (TPSA) is 66.6 Å². The minimum Gasteiger partial charge on any atom is -0.397 e. The van der Waals surface area contributed by atoms with Crippen LogP contribution in [-0.4, -0.2) is 37.9 Å². The Morgan fingerprint density at radius 2 is 1.71 bits per heavy atom. The number of amides is 2. The molecule has 0 atom stereocenters. The minimum absolute atomic E-state index is 0.259. The lowest BCUT2D eigenvalue weighted by atomic mass is 10.00. The molecular weight excluding hydrogens is 218 g/mol. The third kappa shape index (κ3) is 1.39. The Labute approximate surface area is 99.8 Å². The van der Waals surface area contributed by atoms with Crippen molar-refractivity contribution < 1.29 is 9.59 Å². The monoisotopic (exact) mass is 233 g/mol. The molecule has 0 bridgehead atoms. The molecule has 0 saturated heterocycles. The van der Waals surface area contributed by atoms with Crippen LogP contribution in [0.4, 0.5) is 11.4 Å². The number of anilines is 2. The molecular formula is C12H15N3O2. The number of nitrogens with zero attached hydrogens (tertiary/aromatic N) is 2. The Morgan fingerprint density at radius 1 is 1.18 bits per heavy atom. The van der Waals surface area contributed by atoms with E-state index < -0.39 is 0 Å². The Bertz CT molecular complexity index is 535. The molecule has 90 valence electrons. The average molecular weight is 233 g/mol. The minimum atomic E-state index is -0.288. The molecule has 1 aliphatic heterocycles. The quantitative estimate of drug-likeness (QED) is 0.577. The standard InChI is InChI=1S/C12H15N3O2/c1-6-5-7(13)10(14(2)3)9-8(6)11(16)15(4)12(9)17/h5H,13H2,1-4H3. The van der Waals surface area contributed by atoms with Gasteiger partial charge in [0.1, 0.15) is 0 Å². The van der Waals surface area contributed by atoms with Crippen molar-refractivity contribution in [1.82, 2.24) is 4.90 Å². The van der Waals surface area contributed by atoms with Gasteiger partial charge in [-0.25, -0.2) is 0 Å². The summed E-state index contributed by atoms with van der Waals surface area (Å²) in [4.78, 5) is 26.9. The highest BCUT2D eigenvalue weighted by Gasteiger charge is 2.37. The van der Waals surface area contributed by atoms with Crippen LogP contribution in [0.2, 0.25) is 0 Å². The summed E-state index contributed by atoms with van der Waals surface area (Å²) in [5, 5.41) is 0. The van der Waals surface area contributed by atoms with E-state index in [1.165, 1.54) is 7.05 Å². The highest BCUT2D eigenvalue weighted by Crippen LogP contribution is 2.36. The van der Waals surface area contributed by atoms with Crippen LogP contribution in [0.5, 0.6) is 0 Å². The number of aryl methyl sites for hydroxylation is 1. The number of nitrogen functional groups attached to an aromatic ring is 1. The molecule has 0 aliphatic carbocycles. The van der Waals surface area contributed by atoms with Gasteiger partial charge in [0.15, 0.2) is 0 Å². The van der Waals surface area contributed by atoms with E-state index in [-0.39, 0.29) is 11.8 Å². The van der Waals surface area contributed by atoms with Crippen molar-refractivity contribution in [1.29, 1.82) is 0 Å². The molecule has 2 rings (SSSR count). The summed E-state index contributed by atoms with van der Waals surface area (Å²) in [6.45, 7) is 1.79. The summed E-state index contributed by atoms with van der Waals surface area (Å²) < 4.78 is 0. The molecule has 0 unspecified atom stereocenters. The number of carbonyl (C=O) groups is 2. The van der Waals surface area contributed by atoms with Gasteiger partial charge in [-0.2, -0.15) is 0 Å². The maximum atomic E-state index is 12.1. The van der Waals surface area contributed by atoms with E-state index in [1.807, 2.05) is 0 Å². The summed E-state index contributed by atoms with van der Waals surface area (Å²) >= 11 is 0. The lowest BCUT2D eigenvalue weighted by Crippen LogP contribution is -2.25. The van der Waals surface area contributed by atoms with Crippen LogP contribution in [0.3, 0.4) is 0 Å². The van der Waals surface area contributed by atoms with Crippen molar-refractivity contribution in [3.05, 3.63) is 22.8 Å². The maximum absolute atomic E-state index is 12.1. The Balaban J connectivity index is 2.85. The molecule has 0 radical (unpaired) electrons. The SMILES string of the molecule is Cc1cc(N)c(N(C)C)c2c1C(=O)N(C)C2=O. The number of nitrogens with two attached hydrogens (primary N) is 1. The van der Waals surface area contributed by atoms with Gasteiger partial charge >= 0.3 is 0 Å². The second-order valence-corrected chi connectivity index (χ2v) is 4.45.